The van der Waals surface area contributed by atoms with Gasteiger partial charge in [0.1, 0.15) is 11.9 Å². The highest BCUT2D eigenvalue weighted by Gasteiger charge is 2.33. The number of methoxy groups -OCH3 is 1. The van der Waals surface area contributed by atoms with Crippen molar-refractivity contribution in [3.63, 3.8) is 0 Å². The lowest BCUT2D eigenvalue weighted by Gasteiger charge is -2.31. The number of nitrogens with zero attached hydrogens (tertiary/aromatic N) is 4. The third-order valence-electron chi connectivity index (χ3n) is 5.07. The van der Waals surface area contributed by atoms with Gasteiger partial charge < -0.3 is 24.8 Å². The van der Waals surface area contributed by atoms with Crippen molar-refractivity contribution in [2.45, 2.75) is 37.8 Å². The smallest absolute Gasteiger partial charge is 0.265 e. The first-order valence-corrected chi connectivity index (χ1v) is 11.9. The Balaban J connectivity index is 1.42. The summed E-state index contributed by atoms with van der Waals surface area (Å²) < 4.78 is 18.6. The number of ether oxygens (including phenoxy) is 3. The first-order valence-electron chi connectivity index (χ1n) is 10.9. The molecular formula is C22H28N6O4S. The van der Waals surface area contributed by atoms with Crippen LogP contribution < -0.4 is 20.1 Å². The van der Waals surface area contributed by atoms with E-state index in [1.54, 1.807) is 35.8 Å². The average molecular weight is 473 g/mol. The maximum Gasteiger partial charge on any atom is 0.265 e. The molecule has 0 fully saturated rings. The molecule has 2 aromatic heterocycles. The van der Waals surface area contributed by atoms with Gasteiger partial charge in [0.05, 0.1) is 24.7 Å². The number of rotatable bonds is 10. The molecule has 1 amide bonds. The lowest BCUT2D eigenvalue weighted by molar-refractivity contribution is -0.133. The zero-order valence-corrected chi connectivity index (χ0v) is 19.7. The van der Waals surface area contributed by atoms with Crippen LogP contribution in [0.1, 0.15) is 13.8 Å². The Hall–Kier alpha value is -3.05. The third-order valence-corrected chi connectivity index (χ3v) is 5.80. The summed E-state index contributed by atoms with van der Waals surface area (Å²) in [6.07, 6.45) is 0.623. The number of nitrogens with one attached hydrogen (secondary N) is 2. The number of benzene rings is 1. The lowest BCUT2D eigenvalue weighted by Crippen LogP contribution is -2.49. The molecule has 1 aliphatic heterocycles. The predicted octanol–water partition coefficient (Wildman–Crippen LogP) is 2.34. The fourth-order valence-electron chi connectivity index (χ4n) is 3.49. The second kappa shape index (κ2) is 10.7. The van der Waals surface area contributed by atoms with E-state index in [1.807, 2.05) is 25.1 Å². The number of anilines is 1. The van der Waals surface area contributed by atoms with Crippen molar-refractivity contribution in [1.82, 2.24) is 25.1 Å². The number of hydrogen-bond donors (Lipinski definition) is 2. The molecular weight excluding hydrogens is 444 g/mol. The zero-order chi connectivity index (χ0) is 23.2. The van der Waals surface area contributed by atoms with Crippen molar-refractivity contribution < 1.29 is 19.0 Å². The fourth-order valence-corrected chi connectivity index (χ4v) is 4.06. The molecule has 4 rings (SSSR count). The van der Waals surface area contributed by atoms with Gasteiger partial charge in [0.15, 0.2) is 22.3 Å². The minimum atomic E-state index is -0.722. The molecule has 3 aromatic rings. The summed E-state index contributed by atoms with van der Waals surface area (Å²) in [7, 11) is 1.66. The van der Waals surface area contributed by atoms with Gasteiger partial charge in [-0.25, -0.2) is 14.6 Å². The number of carbonyl (C=O) groups excluding carboxylic acids is 1. The quantitative estimate of drug-likeness (QED) is 0.261. The molecule has 2 unspecified atom stereocenters. The van der Waals surface area contributed by atoms with Crippen LogP contribution in [0.15, 0.2) is 35.6 Å². The molecule has 0 spiro atoms. The van der Waals surface area contributed by atoms with Crippen LogP contribution >= 0.6 is 11.8 Å². The van der Waals surface area contributed by atoms with Crippen LogP contribution in [-0.2, 0) is 16.1 Å². The molecule has 0 bridgehead atoms. The normalized spacial score (nSPS) is 17.2. The summed E-state index contributed by atoms with van der Waals surface area (Å²) >= 11 is 1.56. The highest BCUT2D eigenvalue weighted by atomic mass is 32.2. The van der Waals surface area contributed by atoms with E-state index in [9.17, 15) is 4.79 Å². The van der Waals surface area contributed by atoms with E-state index < -0.39 is 12.2 Å². The molecule has 11 heteroatoms. The van der Waals surface area contributed by atoms with Crippen molar-refractivity contribution in [1.29, 1.82) is 0 Å². The van der Waals surface area contributed by atoms with Crippen molar-refractivity contribution in [2.75, 3.05) is 37.9 Å². The molecule has 10 nitrogen and oxygen atoms in total. The first-order chi connectivity index (χ1) is 16.1. The fraction of sp³-hybridized carbons (Fsp3) is 0.455. The van der Waals surface area contributed by atoms with Crippen molar-refractivity contribution in [3.05, 3.63) is 30.5 Å². The molecule has 3 heterocycles. The summed E-state index contributed by atoms with van der Waals surface area (Å²) in [5, 5.41) is 12.2. The van der Waals surface area contributed by atoms with Gasteiger partial charge in [0.2, 0.25) is 6.10 Å². The van der Waals surface area contributed by atoms with Crippen LogP contribution in [0, 0.1) is 0 Å². The van der Waals surface area contributed by atoms with Crippen LogP contribution in [0.3, 0.4) is 0 Å². The number of fused-ring (bicyclic) bond motifs is 2. The van der Waals surface area contributed by atoms with Gasteiger partial charge >= 0.3 is 0 Å². The Kier molecular flexibility index (Phi) is 7.50. The third kappa shape index (κ3) is 5.31. The van der Waals surface area contributed by atoms with Crippen LogP contribution in [0.25, 0.3) is 11.0 Å². The molecule has 1 aliphatic rings. The molecule has 0 saturated heterocycles. The summed E-state index contributed by atoms with van der Waals surface area (Å²) in [5.74, 6) is 2.57. The number of amides is 1. The second-order valence-corrected chi connectivity index (χ2v) is 8.64. The Morgan fingerprint density at radius 2 is 2.00 bits per heavy atom. The van der Waals surface area contributed by atoms with Crippen molar-refractivity contribution >= 4 is 34.5 Å². The Labute approximate surface area is 196 Å². The van der Waals surface area contributed by atoms with E-state index in [-0.39, 0.29) is 5.91 Å². The molecule has 1 aromatic carbocycles. The molecule has 176 valence electrons. The van der Waals surface area contributed by atoms with E-state index in [0.29, 0.717) is 42.9 Å². The Morgan fingerprint density at radius 1 is 1.21 bits per heavy atom. The molecule has 2 N–H and O–H groups in total. The van der Waals surface area contributed by atoms with Crippen LogP contribution in [-0.4, -0.2) is 70.4 Å². The number of carbonyl (C=O) groups is 1. The maximum absolute atomic E-state index is 12.8. The molecule has 0 aliphatic carbocycles. The number of aromatic nitrogens is 4. The van der Waals surface area contributed by atoms with E-state index in [1.165, 1.54) is 0 Å². The van der Waals surface area contributed by atoms with E-state index in [4.69, 9.17) is 14.2 Å². The zero-order valence-electron chi connectivity index (χ0n) is 18.9. The number of para-hydroxylation sites is 2. The van der Waals surface area contributed by atoms with Gasteiger partial charge in [0.25, 0.3) is 5.91 Å². The highest BCUT2D eigenvalue weighted by Crippen LogP contribution is 2.33. The SMILES string of the molecule is CCSc1nc(NCCOC)c2cnn(CCNC(=O)C3Oc4ccccc4OC3C)c2n1. The molecule has 2 atom stereocenters. The van der Waals surface area contributed by atoms with E-state index >= 15 is 0 Å². The van der Waals surface area contributed by atoms with Crippen LogP contribution in [0.2, 0.25) is 0 Å². The van der Waals surface area contributed by atoms with E-state index in [0.717, 1.165) is 22.6 Å². The maximum atomic E-state index is 12.8. The van der Waals surface area contributed by atoms with Gasteiger partial charge in [0, 0.05) is 20.2 Å². The Bertz CT molecular complexity index is 1110. The van der Waals surface area contributed by atoms with E-state index in [2.05, 4.69) is 32.6 Å². The van der Waals surface area contributed by atoms with Crippen LogP contribution in [0.5, 0.6) is 11.5 Å². The van der Waals surface area contributed by atoms with Gasteiger partial charge in [-0.1, -0.05) is 30.8 Å². The number of thioether (sulfide) groups is 1. The molecule has 0 saturated carbocycles. The Morgan fingerprint density at radius 3 is 2.76 bits per heavy atom. The summed E-state index contributed by atoms with van der Waals surface area (Å²) in [5.41, 5.74) is 0.717. The monoisotopic (exact) mass is 472 g/mol. The summed E-state index contributed by atoms with van der Waals surface area (Å²) in [4.78, 5) is 22.0. The van der Waals surface area contributed by atoms with Crippen LogP contribution in [0.4, 0.5) is 5.82 Å². The summed E-state index contributed by atoms with van der Waals surface area (Å²) in [6, 6.07) is 7.34. The highest BCUT2D eigenvalue weighted by molar-refractivity contribution is 7.99. The minimum absolute atomic E-state index is 0.229. The lowest BCUT2D eigenvalue weighted by atomic mass is 10.1. The van der Waals surface area contributed by atoms with Gasteiger partial charge in [-0.15, -0.1) is 0 Å². The first kappa shape index (κ1) is 23.1. The van der Waals surface area contributed by atoms with Crippen molar-refractivity contribution in [3.8, 4) is 11.5 Å². The molecule has 33 heavy (non-hydrogen) atoms. The average Bonchev–Trinajstić information content (AvgIpc) is 3.22. The minimum Gasteiger partial charge on any atom is -0.482 e. The summed E-state index contributed by atoms with van der Waals surface area (Å²) in [6.45, 7) is 5.90. The van der Waals surface area contributed by atoms with Gasteiger partial charge in [-0.05, 0) is 24.8 Å². The topological polar surface area (TPSA) is 112 Å². The molecule has 0 radical (unpaired) electrons. The predicted molar refractivity (Wildman–Crippen MR) is 126 cm³/mol. The standard InChI is InChI=1S/C22H28N6O4S/c1-4-33-22-26-19(23-10-12-30-3)15-13-25-28(20(15)27-22)11-9-24-21(29)18-14(2)31-16-7-5-6-8-17(16)32-18/h5-8,13-14,18H,4,9-12H2,1-3H3,(H,24,29)(H,23,26,27). The van der Waals surface area contributed by atoms with Crippen molar-refractivity contribution in [2.24, 2.45) is 0 Å². The van der Waals surface area contributed by atoms with Gasteiger partial charge in [-0.3, -0.25) is 4.79 Å². The number of hydrogen-bond acceptors (Lipinski definition) is 9. The largest absolute Gasteiger partial charge is 0.482 e. The second-order valence-electron chi connectivity index (χ2n) is 7.41. The van der Waals surface area contributed by atoms with Gasteiger partial charge in [-0.2, -0.15) is 5.10 Å².